The zero-order valence-electron chi connectivity index (χ0n) is 8.34. The average molecular weight is 176 g/mol. The van der Waals surface area contributed by atoms with Gasteiger partial charge in [-0.1, -0.05) is 24.8 Å². The molecule has 0 N–H and O–H groups in total. The van der Waals surface area contributed by atoms with Gasteiger partial charge in [-0.05, 0) is 31.9 Å². The number of Topliss-reactive ketones (excluding diaryl/α,β-unsaturated/α-hetero) is 1. The fourth-order valence-electron chi connectivity index (χ4n) is 0.956. The predicted molar refractivity (Wildman–Crippen MR) is 57.5 cm³/mol. The first-order chi connectivity index (χ1) is 6.15. The van der Waals surface area contributed by atoms with Crippen LogP contribution in [0.2, 0.25) is 0 Å². The van der Waals surface area contributed by atoms with Crippen molar-refractivity contribution in [2.24, 2.45) is 0 Å². The Morgan fingerprint density at radius 2 is 2.00 bits per heavy atom. The number of allylic oxidation sites excluding steroid dienone is 6. The molecule has 1 heteroatoms. The Balaban J connectivity index is 4.74. The van der Waals surface area contributed by atoms with Crippen molar-refractivity contribution in [3.05, 3.63) is 48.6 Å². The minimum atomic E-state index is 0.0749. The molecule has 0 aliphatic carbocycles. The van der Waals surface area contributed by atoms with Crippen LogP contribution in [-0.2, 0) is 4.79 Å². The van der Waals surface area contributed by atoms with E-state index in [4.69, 9.17) is 0 Å². The minimum Gasteiger partial charge on any atom is -0.295 e. The summed E-state index contributed by atoms with van der Waals surface area (Å²) in [6, 6.07) is 0. The Hall–Kier alpha value is -1.37. The average Bonchev–Trinajstić information content (AvgIpc) is 2.11. The van der Waals surface area contributed by atoms with Gasteiger partial charge in [0.15, 0.2) is 5.78 Å². The van der Waals surface area contributed by atoms with Gasteiger partial charge in [0.05, 0.1) is 0 Å². The number of hydrogen-bond acceptors (Lipinski definition) is 1. The van der Waals surface area contributed by atoms with Gasteiger partial charge in [-0.2, -0.15) is 0 Å². The Kier molecular flexibility index (Phi) is 5.53. The molecular weight excluding hydrogens is 160 g/mol. The van der Waals surface area contributed by atoms with Gasteiger partial charge in [0, 0.05) is 5.57 Å². The van der Waals surface area contributed by atoms with Crippen LogP contribution in [0.1, 0.15) is 20.3 Å². The first-order valence-corrected chi connectivity index (χ1v) is 4.26. The summed E-state index contributed by atoms with van der Waals surface area (Å²) < 4.78 is 0. The molecule has 0 heterocycles. The zero-order chi connectivity index (χ0) is 10.3. The van der Waals surface area contributed by atoms with Crippen molar-refractivity contribution in [1.82, 2.24) is 0 Å². The van der Waals surface area contributed by atoms with Crippen LogP contribution in [0.4, 0.5) is 0 Å². The number of carbonyl (C=O) groups is 1. The SMILES string of the molecule is C=CC/C(C=C)=C\C(=C/C)C(C)=O. The first-order valence-electron chi connectivity index (χ1n) is 4.26. The lowest BCUT2D eigenvalue weighted by Crippen LogP contribution is -1.93. The molecule has 1 nitrogen and oxygen atoms in total. The van der Waals surface area contributed by atoms with Crippen molar-refractivity contribution in [2.75, 3.05) is 0 Å². The first kappa shape index (κ1) is 11.6. The highest BCUT2D eigenvalue weighted by Crippen LogP contribution is 2.09. The number of ketones is 1. The molecule has 0 aromatic carbocycles. The molecule has 0 radical (unpaired) electrons. The predicted octanol–water partition coefficient (Wildman–Crippen LogP) is 3.21. The quantitative estimate of drug-likeness (QED) is 0.357. The number of rotatable bonds is 5. The highest BCUT2D eigenvalue weighted by molar-refractivity contribution is 5.96. The van der Waals surface area contributed by atoms with Crippen molar-refractivity contribution >= 4 is 5.78 Å². The van der Waals surface area contributed by atoms with Crippen LogP contribution in [0.3, 0.4) is 0 Å². The molecule has 0 saturated carbocycles. The summed E-state index contributed by atoms with van der Waals surface area (Å²) in [7, 11) is 0. The van der Waals surface area contributed by atoms with Crippen LogP contribution in [-0.4, -0.2) is 5.78 Å². The lowest BCUT2D eigenvalue weighted by Gasteiger charge is -1.99. The maximum absolute atomic E-state index is 11.1. The van der Waals surface area contributed by atoms with Crippen LogP contribution in [0.15, 0.2) is 48.6 Å². The second-order valence-corrected chi connectivity index (χ2v) is 2.72. The van der Waals surface area contributed by atoms with Gasteiger partial charge in [0.25, 0.3) is 0 Å². The van der Waals surface area contributed by atoms with Gasteiger partial charge in [0.1, 0.15) is 0 Å². The summed E-state index contributed by atoms with van der Waals surface area (Å²) in [5, 5.41) is 0. The van der Waals surface area contributed by atoms with Gasteiger partial charge < -0.3 is 0 Å². The maximum Gasteiger partial charge on any atom is 0.159 e. The monoisotopic (exact) mass is 176 g/mol. The van der Waals surface area contributed by atoms with E-state index >= 15 is 0 Å². The summed E-state index contributed by atoms with van der Waals surface area (Å²) in [4.78, 5) is 11.1. The molecule has 0 spiro atoms. The van der Waals surface area contributed by atoms with E-state index < -0.39 is 0 Å². The lowest BCUT2D eigenvalue weighted by atomic mass is 10.1. The molecule has 0 atom stereocenters. The van der Waals surface area contributed by atoms with E-state index in [2.05, 4.69) is 13.2 Å². The molecule has 0 fully saturated rings. The summed E-state index contributed by atoms with van der Waals surface area (Å²) in [5.74, 6) is 0.0749. The molecule has 0 aliphatic rings. The summed E-state index contributed by atoms with van der Waals surface area (Å²) >= 11 is 0. The third-order valence-electron chi connectivity index (χ3n) is 1.70. The van der Waals surface area contributed by atoms with Gasteiger partial charge in [-0.25, -0.2) is 0 Å². The molecule has 0 unspecified atom stereocenters. The van der Waals surface area contributed by atoms with Crippen LogP contribution < -0.4 is 0 Å². The Labute approximate surface area is 80.2 Å². The molecule has 0 bridgehead atoms. The van der Waals surface area contributed by atoms with Crippen molar-refractivity contribution in [3.8, 4) is 0 Å². The highest BCUT2D eigenvalue weighted by atomic mass is 16.1. The van der Waals surface area contributed by atoms with E-state index in [-0.39, 0.29) is 5.78 Å². The lowest BCUT2D eigenvalue weighted by molar-refractivity contribution is -0.113. The van der Waals surface area contributed by atoms with Gasteiger partial charge >= 0.3 is 0 Å². The van der Waals surface area contributed by atoms with Crippen LogP contribution in [0.25, 0.3) is 0 Å². The van der Waals surface area contributed by atoms with Crippen molar-refractivity contribution in [3.63, 3.8) is 0 Å². The smallest absolute Gasteiger partial charge is 0.159 e. The highest BCUT2D eigenvalue weighted by Gasteiger charge is 1.98. The molecule has 0 amide bonds. The molecule has 0 aromatic rings. The molecule has 0 aromatic heterocycles. The van der Waals surface area contributed by atoms with Crippen LogP contribution in [0.5, 0.6) is 0 Å². The molecule has 13 heavy (non-hydrogen) atoms. The van der Waals surface area contributed by atoms with Crippen molar-refractivity contribution in [2.45, 2.75) is 20.3 Å². The second-order valence-electron chi connectivity index (χ2n) is 2.72. The third kappa shape index (κ3) is 4.26. The number of hydrogen-bond donors (Lipinski definition) is 0. The summed E-state index contributed by atoms with van der Waals surface area (Å²) in [5.41, 5.74) is 1.73. The Morgan fingerprint density at radius 1 is 1.38 bits per heavy atom. The zero-order valence-corrected chi connectivity index (χ0v) is 8.34. The molecule has 0 aliphatic heterocycles. The van der Waals surface area contributed by atoms with E-state index in [1.165, 1.54) is 0 Å². The van der Waals surface area contributed by atoms with E-state index in [1.54, 1.807) is 25.2 Å². The van der Waals surface area contributed by atoms with E-state index in [0.717, 1.165) is 17.6 Å². The Morgan fingerprint density at radius 3 is 2.31 bits per heavy atom. The molecule has 0 rings (SSSR count). The summed E-state index contributed by atoms with van der Waals surface area (Å²) in [6.07, 6.45) is 7.93. The van der Waals surface area contributed by atoms with Crippen LogP contribution in [0, 0.1) is 0 Å². The van der Waals surface area contributed by atoms with E-state index in [9.17, 15) is 4.79 Å². The van der Waals surface area contributed by atoms with Gasteiger partial charge in [-0.15, -0.1) is 6.58 Å². The maximum atomic E-state index is 11.1. The van der Waals surface area contributed by atoms with Crippen molar-refractivity contribution < 1.29 is 4.79 Å². The third-order valence-corrected chi connectivity index (χ3v) is 1.70. The normalized spacial score (nSPS) is 12.5. The van der Waals surface area contributed by atoms with E-state index in [0.29, 0.717) is 0 Å². The van der Waals surface area contributed by atoms with Crippen molar-refractivity contribution in [1.29, 1.82) is 0 Å². The fourth-order valence-corrected chi connectivity index (χ4v) is 0.956. The summed E-state index contributed by atoms with van der Waals surface area (Å²) in [6.45, 7) is 10.7. The van der Waals surface area contributed by atoms with Gasteiger partial charge in [-0.3, -0.25) is 4.79 Å². The molecule has 0 saturated heterocycles. The molecular formula is C12H16O. The standard InChI is InChI=1S/C12H16O/c1-5-8-11(6-2)9-12(7-3)10(4)13/h5-7,9H,1-2,8H2,3-4H3/b11-9-,12-7+. The second kappa shape index (κ2) is 6.18. The van der Waals surface area contributed by atoms with Crippen LogP contribution >= 0.6 is 0 Å². The van der Waals surface area contributed by atoms with Gasteiger partial charge in [0.2, 0.25) is 0 Å². The largest absolute Gasteiger partial charge is 0.295 e. The number of carbonyl (C=O) groups excluding carboxylic acids is 1. The topological polar surface area (TPSA) is 17.1 Å². The molecule has 70 valence electrons. The Bertz CT molecular complexity index is 267. The minimum absolute atomic E-state index is 0.0749. The van der Waals surface area contributed by atoms with E-state index in [1.807, 2.05) is 13.0 Å². The fraction of sp³-hybridized carbons (Fsp3) is 0.250.